The van der Waals surface area contributed by atoms with Crippen molar-refractivity contribution in [3.8, 4) is 22.2 Å². The van der Waals surface area contributed by atoms with E-state index in [9.17, 15) is 27.2 Å². The van der Waals surface area contributed by atoms with Crippen LogP contribution in [0.15, 0.2) is 66.2 Å². The smallest absolute Gasteiger partial charge is 0.240 e. The van der Waals surface area contributed by atoms with Crippen LogP contribution in [-0.4, -0.2) is 71.4 Å². The maximum atomic E-state index is 14.9. The molecule has 14 heteroatoms. The van der Waals surface area contributed by atoms with Crippen LogP contribution in [0, 0.1) is 30.0 Å². The molecule has 2 aliphatic carbocycles. The van der Waals surface area contributed by atoms with Crippen molar-refractivity contribution in [3.63, 3.8) is 0 Å². The lowest BCUT2D eigenvalue weighted by Crippen LogP contribution is -2.47. The monoisotopic (exact) mass is 828 g/mol. The van der Waals surface area contributed by atoms with Crippen LogP contribution < -0.4 is 14.2 Å². The number of hydrogen-bond acceptors (Lipinski definition) is 10. The Morgan fingerprint density at radius 1 is 1.10 bits per heavy atom. The summed E-state index contributed by atoms with van der Waals surface area (Å²) in [6.07, 6.45) is 10.4. The number of pyridine rings is 1. The van der Waals surface area contributed by atoms with Gasteiger partial charge in [-0.1, -0.05) is 37.1 Å². The Labute approximate surface area is 342 Å². The molecule has 4 aromatic rings. The highest BCUT2D eigenvalue weighted by Gasteiger charge is 2.62. The summed E-state index contributed by atoms with van der Waals surface area (Å²) in [7, 11) is -2.35. The van der Waals surface area contributed by atoms with Crippen molar-refractivity contribution < 1.29 is 36.7 Å². The highest BCUT2D eigenvalue weighted by molar-refractivity contribution is 7.91. The summed E-state index contributed by atoms with van der Waals surface area (Å²) in [4.78, 5) is 54.7. The number of allylic oxidation sites excluding steroid dienone is 2. The third kappa shape index (κ3) is 7.89. The van der Waals surface area contributed by atoms with E-state index in [1.165, 1.54) is 23.5 Å². The van der Waals surface area contributed by atoms with Crippen LogP contribution in [0.1, 0.15) is 82.3 Å². The second kappa shape index (κ2) is 15.8. The Balaban J connectivity index is 1.15. The molecule has 4 aliphatic rings. The molecule has 2 aliphatic heterocycles. The van der Waals surface area contributed by atoms with Gasteiger partial charge < -0.3 is 14.4 Å². The van der Waals surface area contributed by atoms with Crippen molar-refractivity contribution in [2.24, 2.45) is 17.3 Å². The van der Waals surface area contributed by atoms with Crippen LogP contribution in [-0.2, 0) is 30.8 Å². The predicted molar refractivity (Wildman–Crippen MR) is 219 cm³/mol. The summed E-state index contributed by atoms with van der Waals surface area (Å²) in [6, 6.07) is 10.9. The first-order valence-corrected chi connectivity index (χ1v) is 22.5. The number of amides is 2. The Morgan fingerprint density at radius 2 is 1.93 bits per heavy atom. The largest absolute Gasteiger partial charge is 0.496 e. The Hall–Kier alpha value is -4.69. The number of hydrogen-bond donors (Lipinski definition) is 1. The van der Waals surface area contributed by atoms with Crippen LogP contribution in [0.25, 0.3) is 21.6 Å². The van der Waals surface area contributed by atoms with Gasteiger partial charge in [0.15, 0.2) is 5.78 Å². The molecule has 2 saturated carbocycles. The number of halogens is 1. The molecular weight excluding hydrogens is 780 g/mol. The lowest BCUT2D eigenvalue weighted by molar-refractivity contribution is -0.142. The van der Waals surface area contributed by atoms with Crippen molar-refractivity contribution in [3.05, 3.63) is 83.1 Å². The zero-order chi connectivity index (χ0) is 40.8. The fourth-order valence-corrected chi connectivity index (χ4v) is 10.6. The third-order valence-electron chi connectivity index (χ3n) is 12.6. The molecule has 0 radical (unpaired) electrons. The van der Waals surface area contributed by atoms with Crippen LogP contribution in [0.5, 0.6) is 11.5 Å². The Morgan fingerprint density at radius 3 is 2.67 bits per heavy atom. The topological polar surface area (TPSA) is 145 Å². The molecule has 4 heterocycles. The average molecular weight is 829 g/mol. The fourth-order valence-electron chi connectivity index (χ4n) is 8.71. The van der Waals surface area contributed by atoms with Gasteiger partial charge in [0.1, 0.15) is 34.1 Å². The molecule has 2 amide bonds. The molecule has 11 nitrogen and oxygen atoms in total. The first-order valence-electron chi connectivity index (χ1n) is 20.2. The number of methoxy groups -OCH3 is 1. The summed E-state index contributed by atoms with van der Waals surface area (Å²) in [5.74, 6) is -1.23. The van der Waals surface area contributed by atoms with Gasteiger partial charge in [0.2, 0.25) is 21.8 Å². The molecule has 2 aromatic heterocycles. The van der Waals surface area contributed by atoms with E-state index < -0.39 is 44.2 Å². The zero-order valence-corrected chi connectivity index (χ0v) is 34.7. The summed E-state index contributed by atoms with van der Waals surface area (Å²) < 4.78 is 54.7. The number of fused-ring (bicyclic) bond motifs is 3. The van der Waals surface area contributed by atoms with E-state index in [0.29, 0.717) is 65.4 Å². The number of sulfonamides is 1. The quantitative estimate of drug-likeness (QED) is 0.170. The lowest BCUT2D eigenvalue weighted by Gasteiger charge is -2.29. The Bertz CT molecular complexity index is 2380. The lowest BCUT2D eigenvalue weighted by atomic mass is 9.90. The molecule has 2 aromatic carbocycles. The minimum atomic E-state index is -3.95. The van der Waals surface area contributed by atoms with Crippen molar-refractivity contribution in [2.45, 2.75) is 101 Å². The van der Waals surface area contributed by atoms with Crippen molar-refractivity contribution in [1.29, 1.82) is 0 Å². The van der Waals surface area contributed by atoms with Crippen LogP contribution >= 0.6 is 11.3 Å². The van der Waals surface area contributed by atoms with Gasteiger partial charge in [0.05, 0.1) is 35.4 Å². The van der Waals surface area contributed by atoms with Gasteiger partial charge in [-0.3, -0.25) is 19.1 Å². The molecule has 0 spiro atoms. The van der Waals surface area contributed by atoms with Crippen LogP contribution in [0.4, 0.5) is 4.39 Å². The van der Waals surface area contributed by atoms with Gasteiger partial charge in [0, 0.05) is 47.4 Å². The van der Waals surface area contributed by atoms with E-state index in [1.54, 1.807) is 31.2 Å². The van der Waals surface area contributed by atoms with Crippen molar-refractivity contribution >= 4 is 49.9 Å². The number of rotatable bonds is 9. The molecule has 1 N–H and O–H groups in total. The van der Waals surface area contributed by atoms with Gasteiger partial charge in [-0.15, -0.1) is 11.3 Å². The number of ether oxygens (including phenoxy) is 2. The summed E-state index contributed by atoms with van der Waals surface area (Å²) in [5.41, 5.74) is 1.55. The highest BCUT2D eigenvalue weighted by atomic mass is 32.2. The fraction of sp³-hybridized carbons (Fsp3) is 0.477. The number of ketones is 1. The van der Waals surface area contributed by atoms with E-state index in [-0.39, 0.29) is 42.8 Å². The van der Waals surface area contributed by atoms with E-state index in [2.05, 4.69) is 9.71 Å². The molecule has 8 rings (SSSR count). The maximum absolute atomic E-state index is 14.9. The minimum absolute atomic E-state index is 0.107. The summed E-state index contributed by atoms with van der Waals surface area (Å²) in [5, 5.41) is 3.31. The summed E-state index contributed by atoms with van der Waals surface area (Å²) in [6.45, 7) is 3.66. The van der Waals surface area contributed by atoms with E-state index in [1.807, 2.05) is 48.7 Å². The van der Waals surface area contributed by atoms with Gasteiger partial charge in [-0.05, 0) is 94.5 Å². The van der Waals surface area contributed by atoms with Gasteiger partial charge in [0.25, 0.3) is 0 Å². The number of aromatic nitrogens is 2. The predicted octanol–water partition coefficient (Wildman–Crippen LogP) is 7.51. The maximum Gasteiger partial charge on any atom is 0.240 e. The minimum Gasteiger partial charge on any atom is -0.496 e. The normalized spacial score (nSPS) is 26.5. The first-order chi connectivity index (χ1) is 27.8. The molecule has 1 saturated heterocycles. The average Bonchev–Trinajstić information content (AvgIpc) is 3.94. The molecule has 0 bridgehead atoms. The SMILES string of the molecule is COc1ccc2c(O[C@@H]3C[C@H]4C(=O)C[C@]5(C(=O)NS(=O)(=O)C6(C)CC6)C[C@@H]5/C=C\CCCCC[C@H](Cc5cccc(F)c5)C(=O)N4C3)cc(-c3nccs3)nc2c1C. The van der Waals surface area contributed by atoms with Crippen molar-refractivity contribution in [1.82, 2.24) is 19.6 Å². The van der Waals surface area contributed by atoms with Crippen molar-refractivity contribution in [2.75, 3.05) is 13.7 Å². The van der Waals surface area contributed by atoms with Gasteiger partial charge >= 0.3 is 0 Å². The molecule has 58 heavy (non-hydrogen) atoms. The van der Waals surface area contributed by atoms with E-state index in [4.69, 9.17) is 14.5 Å². The number of carbonyl (C=O) groups is 3. The second-order valence-electron chi connectivity index (χ2n) is 16.7. The Kier molecular flexibility index (Phi) is 10.9. The standard InChI is InChI=1S/C44H49FN4O7S2/c1-27-37(55-3)15-14-33-38(23-34(47-39(27)33)40-46-18-19-57-40)56-32-22-35-36(50)25-44(42(52)48-58(53,54)43(2)16-17-43)24-30(44)12-8-6-4-5-7-11-29(41(51)49(35)26-32)20-28-10-9-13-31(45)21-28/h8-10,12-15,18-19,21,23,29-30,32,35H,4-7,11,16-17,20,22,24-26H2,1-3H3,(H,48,52)/b12-8-/t29-,30+,32-,35+,44-/m1/s1. The zero-order valence-electron chi connectivity index (χ0n) is 33.0. The molecule has 3 fully saturated rings. The molecule has 306 valence electrons. The van der Waals surface area contributed by atoms with Gasteiger partial charge in [-0.25, -0.2) is 22.8 Å². The van der Waals surface area contributed by atoms with E-state index in [0.717, 1.165) is 36.6 Å². The number of Topliss-reactive ketones (excluding diaryl/α,β-unsaturated/α-hetero) is 1. The number of nitrogens with one attached hydrogen (secondary N) is 1. The number of benzene rings is 2. The van der Waals surface area contributed by atoms with Crippen LogP contribution in [0.2, 0.25) is 0 Å². The highest BCUT2D eigenvalue weighted by Crippen LogP contribution is 2.57. The van der Waals surface area contributed by atoms with E-state index >= 15 is 0 Å². The van der Waals surface area contributed by atoms with Crippen LogP contribution in [0.3, 0.4) is 0 Å². The summed E-state index contributed by atoms with van der Waals surface area (Å²) >= 11 is 1.44. The molecule has 0 unspecified atom stereocenters. The third-order valence-corrected chi connectivity index (χ3v) is 15.6. The number of aryl methyl sites for hydroxylation is 1. The number of carbonyl (C=O) groups excluding carboxylic acids is 3. The number of thiazole rings is 1. The first kappa shape index (κ1) is 40.1. The second-order valence-corrected chi connectivity index (χ2v) is 19.8. The number of nitrogens with zero attached hydrogens (tertiary/aromatic N) is 3. The van der Waals surface area contributed by atoms with Gasteiger partial charge in [-0.2, -0.15) is 0 Å². The molecular formula is C44H49FN4O7S2. The molecule has 5 atom stereocenters.